The van der Waals surface area contributed by atoms with Crippen molar-refractivity contribution < 1.29 is 14.6 Å². The minimum Gasteiger partial charge on any atom is -0.494 e. The van der Waals surface area contributed by atoms with Crippen LogP contribution in [0.15, 0.2) is 54.6 Å². The fraction of sp³-hybridized carbons (Fsp3) is 0.345. The second-order valence-corrected chi connectivity index (χ2v) is 8.74. The van der Waals surface area contributed by atoms with Crippen LogP contribution in [0.5, 0.6) is 5.75 Å². The number of nitrogens with one attached hydrogen (secondary N) is 1. The molecule has 180 valence electrons. The Hall–Kier alpha value is -3.31. The summed E-state index contributed by atoms with van der Waals surface area (Å²) in [4.78, 5) is 13.2. The van der Waals surface area contributed by atoms with Gasteiger partial charge in [0.2, 0.25) is 0 Å². The third-order valence-electron chi connectivity index (χ3n) is 6.50. The zero-order valence-electron chi connectivity index (χ0n) is 20.7. The highest BCUT2D eigenvalue weighted by Gasteiger charge is 2.24. The summed E-state index contributed by atoms with van der Waals surface area (Å²) in [5.74, 6) is 0.657. The summed E-state index contributed by atoms with van der Waals surface area (Å²) >= 11 is 0. The molecule has 0 radical (unpaired) electrons. The zero-order valence-corrected chi connectivity index (χ0v) is 20.7. The van der Waals surface area contributed by atoms with Gasteiger partial charge in [-0.05, 0) is 66.6 Å². The highest BCUT2D eigenvalue weighted by molar-refractivity contribution is 5.82. The predicted molar refractivity (Wildman–Crippen MR) is 140 cm³/mol. The van der Waals surface area contributed by atoms with E-state index in [0.29, 0.717) is 30.7 Å². The number of hydrogen-bond acceptors (Lipinski definition) is 5. The Kier molecular flexibility index (Phi) is 8.72. The molecular formula is C29H36N2O3. The third kappa shape index (κ3) is 5.78. The Balaban J connectivity index is 2.01. The average Bonchev–Trinajstić information content (AvgIpc) is 2.85. The number of carbonyl (C=O) groups is 1. The molecular weight excluding hydrogens is 424 g/mol. The summed E-state index contributed by atoms with van der Waals surface area (Å²) in [6.07, 6.45) is 1.54. The maximum absolute atomic E-state index is 13.2. The summed E-state index contributed by atoms with van der Waals surface area (Å²) in [7, 11) is 1.63. The molecule has 5 heteroatoms. The Bertz CT molecular complexity index is 1130. The van der Waals surface area contributed by atoms with Crippen LogP contribution in [0, 0.1) is 13.8 Å². The van der Waals surface area contributed by atoms with Crippen LogP contribution in [0.3, 0.4) is 0 Å². The molecule has 0 saturated heterocycles. The fourth-order valence-electron chi connectivity index (χ4n) is 4.42. The van der Waals surface area contributed by atoms with Gasteiger partial charge in [0.1, 0.15) is 17.2 Å². The topological polar surface area (TPSA) is 84.6 Å². The highest BCUT2D eigenvalue weighted by atomic mass is 16.5. The van der Waals surface area contributed by atoms with E-state index in [1.54, 1.807) is 7.11 Å². The van der Waals surface area contributed by atoms with E-state index in [9.17, 15) is 9.90 Å². The summed E-state index contributed by atoms with van der Waals surface area (Å²) in [6, 6.07) is 18.1. The summed E-state index contributed by atoms with van der Waals surface area (Å²) in [5, 5.41) is 13.1. The molecule has 0 fully saturated rings. The lowest BCUT2D eigenvalue weighted by atomic mass is 9.82. The third-order valence-corrected chi connectivity index (χ3v) is 6.50. The molecule has 4 N–H and O–H groups in total. The van der Waals surface area contributed by atoms with Gasteiger partial charge in [0.05, 0.1) is 19.4 Å². The minimum atomic E-state index is -0.193. The molecule has 0 heterocycles. The van der Waals surface area contributed by atoms with Crippen molar-refractivity contribution in [1.29, 1.82) is 0 Å². The number of aliphatic hydroxyl groups is 1. The number of nitrogen functional groups attached to an aromatic ring is 1. The van der Waals surface area contributed by atoms with Gasteiger partial charge in [0, 0.05) is 25.3 Å². The second kappa shape index (κ2) is 11.7. The monoisotopic (exact) mass is 460 g/mol. The van der Waals surface area contributed by atoms with E-state index < -0.39 is 0 Å². The van der Waals surface area contributed by atoms with Crippen molar-refractivity contribution in [2.75, 3.05) is 24.7 Å². The van der Waals surface area contributed by atoms with Crippen LogP contribution in [0.4, 0.5) is 11.4 Å². The Labute approximate surface area is 203 Å². The van der Waals surface area contributed by atoms with Gasteiger partial charge >= 0.3 is 0 Å². The SMILES string of the molecule is CCNc1c(OC)cc(C(CC(=O)CCc2ccccc2)c2ccc(C)c(CO)c2)c(C)c1N. The first-order valence-electron chi connectivity index (χ1n) is 11.9. The van der Waals surface area contributed by atoms with Crippen molar-refractivity contribution in [1.82, 2.24) is 0 Å². The molecule has 0 amide bonds. The maximum atomic E-state index is 13.2. The first kappa shape index (κ1) is 25.3. The van der Waals surface area contributed by atoms with Crippen LogP contribution < -0.4 is 15.8 Å². The van der Waals surface area contributed by atoms with Crippen LogP contribution in [0.2, 0.25) is 0 Å². The van der Waals surface area contributed by atoms with Crippen LogP contribution in [0.25, 0.3) is 0 Å². The van der Waals surface area contributed by atoms with Gasteiger partial charge in [-0.15, -0.1) is 0 Å². The molecule has 0 bridgehead atoms. The normalized spacial score (nSPS) is 11.8. The lowest BCUT2D eigenvalue weighted by Gasteiger charge is -2.24. The first-order chi connectivity index (χ1) is 16.4. The number of methoxy groups -OCH3 is 1. The van der Waals surface area contributed by atoms with Crippen molar-refractivity contribution in [2.45, 2.75) is 52.6 Å². The molecule has 0 aliphatic rings. The number of aliphatic hydroxyl groups excluding tert-OH is 1. The fourth-order valence-corrected chi connectivity index (χ4v) is 4.42. The molecule has 0 aromatic heterocycles. The van der Waals surface area contributed by atoms with E-state index in [4.69, 9.17) is 10.5 Å². The van der Waals surface area contributed by atoms with Crippen LogP contribution in [-0.2, 0) is 17.8 Å². The average molecular weight is 461 g/mol. The van der Waals surface area contributed by atoms with E-state index in [2.05, 4.69) is 5.32 Å². The number of rotatable bonds is 11. The number of aryl methyl sites for hydroxylation is 2. The quantitative estimate of drug-likeness (QED) is 0.327. The van der Waals surface area contributed by atoms with Crippen molar-refractivity contribution in [2.24, 2.45) is 0 Å². The molecule has 0 spiro atoms. The lowest BCUT2D eigenvalue weighted by molar-refractivity contribution is -0.119. The van der Waals surface area contributed by atoms with Crippen molar-refractivity contribution >= 4 is 17.2 Å². The van der Waals surface area contributed by atoms with Crippen LogP contribution >= 0.6 is 0 Å². The highest BCUT2D eigenvalue weighted by Crippen LogP contribution is 2.42. The molecule has 0 saturated carbocycles. The largest absolute Gasteiger partial charge is 0.494 e. The minimum absolute atomic E-state index is 0.0435. The number of anilines is 2. The van der Waals surface area contributed by atoms with E-state index in [-0.39, 0.29) is 18.3 Å². The Morgan fingerprint density at radius 3 is 2.50 bits per heavy atom. The van der Waals surface area contributed by atoms with Gasteiger partial charge in [0.15, 0.2) is 0 Å². The number of ketones is 1. The number of Topliss-reactive ketones (excluding diaryl/α,β-unsaturated/α-hetero) is 1. The van der Waals surface area contributed by atoms with Crippen LogP contribution in [-0.4, -0.2) is 24.5 Å². The smallest absolute Gasteiger partial charge is 0.144 e. The molecule has 3 rings (SSSR count). The number of nitrogens with two attached hydrogens (primary N) is 1. The molecule has 34 heavy (non-hydrogen) atoms. The standard InChI is InChI=1S/C29H36N2O3/c1-5-31-29-27(34-4)17-25(20(3)28(29)30)26(22-13-11-19(2)23(15-22)18-32)16-24(33)14-12-21-9-7-6-8-10-21/h6-11,13,15,17,26,31-32H,5,12,14,16,18,30H2,1-4H3. The Morgan fingerprint density at radius 1 is 1.12 bits per heavy atom. The van der Waals surface area contributed by atoms with Crippen molar-refractivity contribution in [3.05, 3.63) is 88.0 Å². The van der Waals surface area contributed by atoms with E-state index in [1.807, 2.05) is 75.4 Å². The van der Waals surface area contributed by atoms with Gasteiger partial charge in [-0.25, -0.2) is 0 Å². The molecule has 3 aromatic carbocycles. The summed E-state index contributed by atoms with van der Waals surface area (Å²) in [6.45, 7) is 6.66. The van der Waals surface area contributed by atoms with Crippen molar-refractivity contribution in [3.63, 3.8) is 0 Å². The van der Waals surface area contributed by atoms with E-state index in [0.717, 1.165) is 45.6 Å². The molecule has 5 nitrogen and oxygen atoms in total. The maximum Gasteiger partial charge on any atom is 0.144 e. The van der Waals surface area contributed by atoms with E-state index in [1.165, 1.54) is 0 Å². The predicted octanol–water partition coefficient (Wildman–Crippen LogP) is 5.54. The summed E-state index contributed by atoms with van der Waals surface area (Å²) in [5.41, 5.74) is 13.9. The van der Waals surface area contributed by atoms with Crippen LogP contribution in [0.1, 0.15) is 59.1 Å². The van der Waals surface area contributed by atoms with Gasteiger partial charge in [-0.2, -0.15) is 0 Å². The molecule has 0 aliphatic carbocycles. The first-order valence-corrected chi connectivity index (χ1v) is 11.9. The number of hydrogen-bond donors (Lipinski definition) is 3. The van der Waals surface area contributed by atoms with Gasteiger partial charge in [0.25, 0.3) is 0 Å². The van der Waals surface area contributed by atoms with Crippen molar-refractivity contribution in [3.8, 4) is 5.75 Å². The number of benzene rings is 3. The molecule has 1 atom stereocenters. The lowest BCUT2D eigenvalue weighted by Crippen LogP contribution is -2.14. The Morgan fingerprint density at radius 2 is 1.85 bits per heavy atom. The molecule has 3 aromatic rings. The van der Waals surface area contributed by atoms with Gasteiger partial charge in [-0.1, -0.05) is 48.5 Å². The molecule has 0 aliphatic heterocycles. The van der Waals surface area contributed by atoms with Gasteiger partial charge in [-0.3, -0.25) is 4.79 Å². The second-order valence-electron chi connectivity index (χ2n) is 8.74. The van der Waals surface area contributed by atoms with E-state index >= 15 is 0 Å². The molecule has 1 unspecified atom stereocenters. The zero-order chi connectivity index (χ0) is 24.7. The summed E-state index contributed by atoms with van der Waals surface area (Å²) < 4.78 is 5.67. The van der Waals surface area contributed by atoms with Gasteiger partial charge < -0.3 is 20.9 Å². The number of carbonyl (C=O) groups excluding carboxylic acids is 1. The number of ether oxygens (including phenoxy) is 1.